The quantitative estimate of drug-likeness (QED) is 0.730. The first-order valence-electron chi connectivity index (χ1n) is 6.68. The van der Waals surface area contributed by atoms with Crippen molar-refractivity contribution in [1.29, 1.82) is 0 Å². The third kappa shape index (κ3) is 1.99. The molecule has 0 atom stereocenters. The van der Waals surface area contributed by atoms with Gasteiger partial charge in [-0.15, -0.1) is 0 Å². The molecule has 20 heavy (non-hydrogen) atoms. The van der Waals surface area contributed by atoms with Crippen LogP contribution in [0.1, 0.15) is 38.2 Å². The first-order valence-corrected chi connectivity index (χ1v) is 7.85. The lowest BCUT2D eigenvalue weighted by Gasteiger charge is -2.28. The summed E-state index contributed by atoms with van der Waals surface area (Å²) >= 11 is 9.36. The number of rotatable bonds is 1. The molecule has 2 heterocycles. The van der Waals surface area contributed by atoms with E-state index in [9.17, 15) is 4.79 Å². The number of pyridine rings is 1. The molecule has 2 aromatic heterocycles. The molecule has 0 aliphatic heterocycles. The molecule has 1 aliphatic rings. The Labute approximate surface area is 130 Å². The van der Waals surface area contributed by atoms with Crippen molar-refractivity contribution in [3.05, 3.63) is 31.9 Å². The summed E-state index contributed by atoms with van der Waals surface area (Å²) in [7, 11) is 0. The number of hydrogen-bond acceptors (Lipinski definition) is 3. The van der Waals surface area contributed by atoms with Crippen LogP contribution in [-0.2, 0) is 5.54 Å². The molecule has 1 aliphatic carbocycles. The lowest BCUT2D eigenvalue weighted by molar-refractivity contribution is 0.327. The fraction of sp³-hybridized carbons (Fsp3) is 0.500. The van der Waals surface area contributed by atoms with Crippen molar-refractivity contribution in [2.45, 2.75) is 45.1 Å². The van der Waals surface area contributed by atoms with Crippen LogP contribution in [0.15, 0.2) is 15.5 Å². The second-order valence-electron chi connectivity index (χ2n) is 5.66. The van der Waals surface area contributed by atoms with Crippen LogP contribution >= 0.6 is 27.5 Å². The predicted molar refractivity (Wildman–Crippen MR) is 83.4 cm³/mol. The van der Waals surface area contributed by atoms with Crippen molar-refractivity contribution >= 4 is 38.6 Å². The lowest BCUT2D eigenvalue weighted by atomic mass is 9.99. The minimum Gasteiger partial charge on any atom is -0.286 e. The van der Waals surface area contributed by atoms with Crippen LogP contribution in [0.3, 0.4) is 0 Å². The molecule has 1 saturated carbocycles. The fourth-order valence-electron chi connectivity index (χ4n) is 3.12. The molecule has 0 unspecified atom stereocenters. The second kappa shape index (κ2) is 4.81. The van der Waals surface area contributed by atoms with Gasteiger partial charge in [-0.2, -0.15) is 4.98 Å². The molecular weight excluding hydrogens is 342 g/mol. The number of aromatic nitrogens is 3. The van der Waals surface area contributed by atoms with Crippen LogP contribution in [0.5, 0.6) is 0 Å². The molecule has 2 aromatic rings. The van der Waals surface area contributed by atoms with E-state index >= 15 is 0 Å². The Morgan fingerprint density at radius 2 is 2.05 bits per heavy atom. The van der Waals surface area contributed by atoms with Gasteiger partial charge in [0.05, 0.1) is 4.47 Å². The molecule has 0 amide bonds. The molecule has 0 spiro atoms. The predicted octanol–water partition coefficient (Wildman–Crippen LogP) is 3.81. The van der Waals surface area contributed by atoms with E-state index in [2.05, 4.69) is 32.8 Å². The van der Waals surface area contributed by atoms with Crippen molar-refractivity contribution in [3.8, 4) is 0 Å². The van der Waals surface area contributed by atoms with Gasteiger partial charge in [-0.3, -0.25) is 9.36 Å². The van der Waals surface area contributed by atoms with Crippen LogP contribution in [0, 0.1) is 6.92 Å². The second-order valence-corrected chi connectivity index (χ2v) is 6.79. The van der Waals surface area contributed by atoms with Gasteiger partial charge >= 0.3 is 0 Å². The van der Waals surface area contributed by atoms with Gasteiger partial charge in [0.25, 0.3) is 5.56 Å². The van der Waals surface area contributed by atoms with Gasteiger partial charge in [0, 0.05) is 17.1 Å². The maximum Gasteiger partial charge on any atom is 0.267 e. The van der Waals surface area contributed by atoms with Crippen molar-refractivity contribution in [3.63, 3.8) is 0 Å². The number of halogens is 2. The van der Waals surface area contributed by atoms with Crippen molar-refractivity contribution < 1.29 is 0 Å². The number of nitrogens with zero attached hydrogens (tertiary/aromatic N) is 3. The number of fused-ring (bicyclic) bond motifs is 1. The van der Waals surface area contributed by atoms with Gasteiger partial charge in [-0.25, -0.2) is 4.98 Å². The zero-order valence-electron chi connectivity index (χ0n) is 11.4. The van der Waals surface area contributed by atoms with E-state index in [1.807, 2.05) is 6.92 Å². The smallest absolute Gasteiger partial charge is 0.267 e. The third-order valence-electron chi connectivity index (χ3n) is 4.30. The Morgan fingerprint density at radius 1 is 1.40 bits per heavy atom. The molecule has 1 fully saturated rings. The monoisotopic (exact) mass is 355 g/mol. The molecule has 3 rings (SSSR count). The average molecular weight is 357 g/mol. The molecule has 0 saturated heterocycles. The minimum absolute atomic E-state index is 0.0332. The summed E-state index contributed by atoms with van der Waals surface area (Å²) in [5.41, 5.74) is 1.28. The highest BCUT2D eigenvalue weighted by atomic mass is 79.9. The first-order chi connectivity index (χ1) is 9.44. The molecule has 0 bridgehead atoms. The Morgan fingerprint density at radius 3 is 2.70 bits per heavy atom. The fourth-order valence-corrected chi connectivity index (χ4v) is 3.64. The molecule has 0 N–H and O–H groups in total. The van der Waals surface area contributed by atoms with Crippen LogP contribution in [0.4, 0.5) is 0 Å². The van der Waals surface area contributed by atoms with Crippen LogP contribution in [0.2, 0.25) is 5.28 Å². The standard InChI is InChI=1S/C14H15BrClN3O/c1-8-9-7-17-13(16)18-11(9)19(12(20)10(8)15)14(2)5-3-4-6-14/h7H,3-6H2,1-2H3. The zero-order chi connectivity index (χ0) is 14.5. The molecule has 0 aromatic carbocycles. The Balaban J connectivity index is 2.46. The topological polar surface area (TPSA) is 47.8 Å². The van der Waals surface area contributed by atoms with Gasteiger partial charge < -0.3 is 0 Å². The normalized spacial score (nSPS) is 17.8. The van der Waals surface area contributed by atoms with E-state index < -0.39 is 0 Å². The Hall–Kier alpha value is -0.940. The SMILES string of the molecule is Cc1c(Br)c(=O)n(C2(C)CCCC2)c2nc(Cl)ncc12. The summed E-state index contributed by atoms with van der Waals surface area (Å²) < 4.78 is 2.39. The van der Waals surface area contributed by atoms with Crippen LogP contribution in [0.25, 0.3) is 11.0 Å². The summed E-state index contributed by atoms with van der Waals surface area (Å²) in [6.45, 7) is 4.02. The van der Waals surface area contributed by atoms with Crippen molar-refractivity contribution in [2.75, 3.05) is 0 Å². The van der Waals surface area contributed by atoms with Gasteiger partial charge in [-0.1, -0.05) is 12.8 Å². The minimum atomic E-state index is -0.191. The molecule has 4 nitrogen and oxygen atoms in total. The van der Waals surface area contributed by atoms with E-state index in [0.717, 1.165) is 36.6 Å². The first kappa shape index (κ1) is 14.0. The van der Waals surface area contributed by atoms with E-state index in [1.54, 1.807) is 10.8 Å². The van der Waals surface area contributed by atoms with Crippen LogP contribution in [-0.4, -0.2) is 14.5 Å². The van der Waals surface area contributed by atoms with Crippen molar-refractivity contribution in [1.82, 2.24) is 14.5 Å². The largest absolute Gasteiger partial charge is 0.286 e. The van der Waals surface area contributed by atoms with Crippen LogP contribution < -0.4 is 5.56 Å². The molecule has 106 valence electrons. The van der Waals surface area contributed by atoms with Gasteiger partial charge in [0.2, 0.25) is 5.28 Å². The summed E-state index contributed by atoms with van der Waals surface area (Å²) in [6.07, 6.45) is 5.93. The highest BCUT2D eigenvalue weighted by molar-refractivity contribution is 9.10. The van der Waals surface area contributed by atoms with E-state index in [0.29, 0.717) is 10.1 Å². The highest BCUT2D eigenvalue weighted by Crippen LogP contribution is 2.37. The number of aryl methyl sites for hydroxylation is 1. The average Bonchev–Trinajstić information content (AvgIpc) is 2.83. The summed E-state index contributed by atoms with van der Waals surface area (Å²) in [5, 5.41) is 1.04. The zero-order valence-corrected chi connectivity index (χ0v) is 13.8. The Bertz CT molecular complexity index is 750. The molecule has 0 radical (unpaired) electrons. The van der Waals surface area contributed by atoms with Gasteiger partial charge in [-0.05, 0) is 59.8 Å². The van der Waals surface area contributed by atoms with Gasteiger partial charge in [0.1, 0.15) is 5.65 Å². The van der Waals surface area contributed by atoms with Crippen molar-refractivity contribution in [2.24, 2.45) is 0 Å². The summed E-state index contributed by atoms with van der Waals surface area (Å²) in [4.78, 5) is 21.1. The molecular formula is C14H15BrClN3O. The maximum absolute atomic E-state index is 12.7. The van der Waals surface area contributed by atoms with E-state index in [1.165, 1.54) is 0 Å². The Kier molecular flexibility index (Phi) is 3.37. The van der Waals surface area contributed by atoms with Gasteiger partial charge in [0.15, 0.2) is 0 Å². The maximum atomic E-state index is 12.7. The highest BCUT2D eigenvalue weighted by Gasteiger charge is 2.34. The molecule has 6 heteroatoms. The number of hydrogen-bond donors (Lipinski definition) is 0. The van der Waals surface area contributed by atoms with E-state index in [-0.39, 0.29) is 16.4 Å². The van der Waals surface area contributed by atoms with E-state index in [4.69, 9.17) is 11.6 Å². The third-order valence-corrected chi connectivity index (χ3v) is 5.41. The summed E-state index contributed by atoms with van der Waals surface area (Å²) in [6, 6.07) is 0. The summed E-state index contributed by atoms with van der Waals surface area (Å²) in [5.74, 6) is 0. The lowest BCUT2D eigenvalue weighted by Crippen LogP contribution is -2.38.